The van der Waals surface area contributed by atoms with Gasteiger partial charge in [-0.1, -0.05) is 30.3 Å². The summed E-state index contributed by atoms with van der Waals surface area (Å²) in [6, 6.07) is 19.8. The summed E-state index contributed by atoms with van der Waals surface area (Å²) in [6.07, 6.45) is 4.04. The van der Waals surface area contributed by atoms with Gasteiger partial charge in [-0.2, -0.15) is 5.10 Å². The molecule has 0 bridgehead atoms. The summed E-state index contributed by atoms with van der Waals surface area (Å²) in [5.41, 5.74) is 4.91. The van der Waals surface area contributed by atoms with Crippen molar-refractivity contribution in [2.75, 3.05) is 0 Å². The average molecular weight is 447 g/mol. The Morgan fingerprint density at radius 2 is 1.69 bits per heavy atom. The van der Waals surface area contributed by atoms with Crippen LogP contribution in [-0.2, 0) is 13.1 Å². The first-order chi connectivity index (χ1) is 14.1. The van der Waals surface area contributed by atoms with Gasteiger partial charge in [-0.05, 0) is 58.7 Å². The van der Waals surface area contributed by atoms with Gasteiger partial charge in [0.25, 0.3) is 5.91 Å². The van der Waals surface area contributed by atoms with Gasteiger partial charge in [0.2, 0.25) is 0 Å². The van der Waals surface area contributed by atoms with Crippen LogP contribution in [-0.4, -0.2) is 25.2 Å². The van der Waals surface area contributed by atoms with Crippen LogP contribution in [0.5, 0.6) is 0 Å². The number of fused-ring (bicyclic) bond motifs is 1. The normalized spacial score (nSPS) is 13.0. The van der Waals surface area contributed by atoms with Gasteiger partial charge in [-0.25, -0.2) is 4.68 Å². The van der Waals surface area contributed by atoms with Crippen molar-refractivity contribution in [2.24, 2.45) is 0 Å². The maximum absolute atomic E-state index is 13.1. The van der Waals surface area contributed by atoms with Crippen LogP contribution in [0.25, 0.3) is 11.5 Å². The molecular formula is C23H19BrN4O. The third-order valence-electron chi connectivity index (χ3n) is 5.31. The van der Waals surface area contributed by atoms with E-state index in [1.54, 1.807) is 0 Å². The highest BCUT2D eigenvalue weighted by atomic mass is 79.9. The van der Waals surface area contributed by atoms with Crippen molar-refractivity contribution in [3.8, 4) is 11.5 Å². The second-order valence-corrected chi connectivity index (χ2v) is 8.03. The minimum Gasteiger partial charge on any atom is -0.328 e. The van der Waals surface area contributed by atoms with E-state index in [9.17, 15) is 4.79 Å². The van der Waals surface area contributed by atoms with Gasteiger partial charge in [0.05, 0.1) is 30.0 Å². The van der Waals surface area contributed by atoms with E-state index in [4.69, 9.17) is 5.10 Å². The number of benzene rings is 2. The molecule has 0 spiro atoms. The van der Waals surface area contributed by atoms with Gasteiger partial charge in [0, 0.05) is 22.4 Å². The number of hydrogen-bond donors (Lipinski definition) is 0. The van der Waals surface area contributed by atoms with Gasteiger partial charge in [0.15, 0.2) is 0 Å². The van der Waals surface area contributed by atoms with Gasteiger partial charge >= 0.3 is 0 Å². The summed E-state index contributed by atoms with van der Waals surface area (Å²) in [5, 5.41) is 4.92. The molecule has 0 atom stereocenters. The molecule has 0 radical (unpaired) electrons. The molecule has 6 heteroatoms. The molecular weight excluding hydrogens is 428 g/mol. The van der Waals surface area contributed by atoms with Crippen LogP contribution < -0.4 is 0 Å². The minimum atomic E-state index is 0.0105. The zero-order chi connectivity index (χ0) is 20.0. The molecule has 144 valence electrons. The molecule has 0 unspecified atom stereocenters. The molecule has 0 fully saturated rings. The Morgan fingerprint density at radius 3 is 2.45 bits per heavy atom. The molecule has 1 aliphatic heterocycles. The molecule has 5 nitrogen and oxygen atoms in total. The monoisotopic (exact) mass is 446 g/mol. The van der Waals surface area contributed by atoms with Crippen molar-refractivity contribution in [1.82, 2.24) is 19.2 Å². The van der Waals surface area contributed by atoms with E-state index in [0.717, 1.165) is 32.8 Å². The van der Waals surface area contributed by atoms with Crippen LogP contribution in [0.4, 0.5) is 0 Å². The Balaban J connectivity index is 1.58. The average Bonchev–Trinajstić information content (AvgIpc) is 3.44. The van der Waals surface area contributed by atoms with Crippen LogP contribution in [0.2, 0.25) is 0 Å². The van der Waals surface area contributed by atoms with Gasteiger partial charge in [-0.15, -0.1) is 0 Å². The fraction of sp³-hybridized carbons (Fsp3) is 0.130. The van der Waals surface area contributed by atoms with E-state index in [2.05, 4.69) is 39.6 Å². The summed E-state index contributed by atoms with van der Waals surface area (Å²) >= 11 is 3.49. The summed E-state index contributed by atoms with van der Waals surface area (Å²) in [5.74, 6) is 0.998. The molecule has 0 aliphatic carbocycles. The fourth-order valence-corrected chi connectivity index (χ4v) is 4.31. The Labute approximate surface area is 177 Å². The molecule has 0 saturated heterocycles. The molecule has 5 rings (SSSR count). The first-order valence-electron chi connectivity index (χ1n) is 9.47. The predicted molar refractivity (Wildman–Crippen MR) is 115 cm³/mol. The van der Waals surface area contributed by atoms with Crippen molar-refractivity contribution < 1.29 is 4.79 Å². The Hall–Kier alpha value is -3.12. The second kappa shape index (κ2) is 7.04. The fourth-order valence-electron chi connectivity index (χ4n) is 3.86. The largest absolute Gasteiger partial charge is 0.328 e. The SMILES string of the molecule is Cc1ccccc1-n1nc2c(c1-n1cccc1)CN(C(=O)c1ccccc1Br)C2. The smallest absolute Gasteiger partial charge is 0.255 e. The predicted octanol–water partition coefficient (Wildman–Crippen LogP) is 4.89. The molecule has 4 aromatic rings. The number of halogens is 1. The molecule has 1 amide bonds. The highest BCUT2D eigenvalue weighted by Crippen LogP contribution is 2.32. The molecule has 3 heterocycles. The highest BCUT2D eigenvalue weighted by molar-refractivity contribution is 9.10. The number of nitrogens with zero attached hydrogens (tertiary/aromatic N) is 4. The topological polar surface area (TPSA) is 43.1 Å². The van der Waals surface area contributed by atoms with E-state index in [0.29, 0.717) is 18.7 Å². The highest BCUT2D eigenvalue weighted by Gasteiger charge is 2.32. The Morgan fingerprint density at radius 1 is 0.966 bits per heavy atom. The summed E-state index contributed by atoms with van der Waals surface area (Å²) < 4.78 is 4.88. The van der Waals surface area contributed by atoms with Crippen molar-refractivity contribution in [2.45, 2.75) is 20.0 Å². The molecule has 1 aliphatic rings. The molecule has 2 aromatic heterocycles. The zero-order valence-electron chi connectivity index (χ0n) is 15.9. The van der Waals surface area contributed by atoms with Gasteiger partial charge in [-0.3, -0.25) is 4.79 Å². The van der Waals surface area contributed by atoms with E-state index >= 15 is 0 Å². The number of hydrogen-bond acceptors (Lipinski definition) is 2. The van der Waals surface area contributed by atoms with Crippen LogP contribution in [0.1, 0.15) is 27.2 Å². The van der Waals surface area contributed by atoms with Crippen LogP contribution in [0.15, 0.2) is 77.5 Å². The molecule has 0 N–H and O–H groups in total. The molecule has 0 saturated carbocycles. The third kappa shape index (κ3) is 3.00. The first kappa shape index (κ1) is 17.9. The number of aromatic nitrogens is 3. The lowest BCUT2D eigenvalue weighted by Crippen LogP contribution is -2.26. The molecule has 29 heavy (non-hydrogen) atoms. The summed E-state index contributed by atoms with van der Waals surface area (Å²) in [7, 11) is 0. The lowest BCUT2D eigenvalue weighted by atomic mass is 10.2. The van der Waals surface area contributed by atoms with Crippen molar-refractivity contribution in [3.05, 3.63) is 99.9 Å². The number of carbonyl (C=O) groups is 1. The first-order valence-corrected chi connectivity index (χ1v) is 10.3. The van der Waals surface area contributed by atoms with E-state index in [-0.39, 0.29) is 5.91 Å². The minimum absolute atomic E-state index is 0.0105. The lowest BCUT2D eigenvalue weighted by Gasteiger charge is -2.18. The van der Waals surface area contributed by atoms with Gasteiger partial charge in [0.1, 0.15) is 5.82 Å². The Kier molecular flexibility index (Phi) is 4.36. The molecule has 2 aromatic carbocycles. The maximum Gasteiger partial charge on any atom is 0.255 e. The second-order valence-electron chi connectivity index (χ2n) is 7.18. The number of carbonyl (C=O) groups excluding carboxylic acids is 1. The third-order valence-corrected chi connectivity index (χ3v) is 6.00. The number of amides is 1. The zero-order valence-corrected chi connectivity index (χ0v) is 17.5. The number of aryl methyl sites for hydroxylation is 1. The van der Waals surface area contributed by atoms with Crippen LogP contribution >= 0.6 is 15.9 Å². The quantitative estimate of drug-likeness (QED) is 0.449. The summed E-state index contributed by atoms with van der Waals surface area (Å²) in [4.78, 5) is 14.9. The van der Waals surface area contributed by atoms with Gasteiger partial charge < -0.3 is 9.47 Å². The van der Waals surface area contributed by atoms with E-state index in [1.165, 1.54) is 0 Å². The van der Waals surface area contributed by atoms with Crippen molar-refractivity contribution in [1.29, 1.82) is 0 Å². The number of para-hydroxylation sites is 1. The van der Waals surface area contributed by atoms with E-state index < -0.39 is 0 Å². The lowest BCUT2D eigenvalue weighted by molar-refractivity contribution is 0.0748. The van der Waals surface area contributed by atoms with Crippen molar-refractivity contribution in [3.63, 3.8) is 0 Å². The Bertz CT molecular complexity index is 1210. The van der Waals surface area contributed by atoms with Crippen molar-refractivity contribution >= 4 is 21.8 Å². The maximum atomic E-state index is 13.1. The van der Waals surface area contributed by atoms with E-state index in [1.807, 2.05) is 70.5 Å². The van der Waals surface area contributed by atoms with Crippen LogP contribution in [0, 0.1) is 6.92 Å². The number of rotatable bonds is 3. The summed E-state index contributed by atoms with van der Waals surface area (Å²) in [6.45, 7) is 3.13. The van der Waals surface area contributed by atoms with Crippen LogP contribution in [0.3, 0.4) is 0 Å². The standard InChI is InChI=1S/C23H19BrN4O/c1-16-8-2-5-11-21(16)28-22(26-12-6-7-13-26)18-14-27(15-20(18)25-28)23(29)17-9-3-4-10-19(17)24/h2-13H,14-15H2,1H3.